The van der Waals surface area contributed by atoms with Crippen molar-refractivity contribution in [1.82, 2.24) is 14.5 Å². The highest BCUT2D eigenvalue weighted by molar-refractivity contribution is 5.76. The minimum absolute atomic E-state index is 0.102. The van der Waals surface area contributed by atoms with Gasteiger partial charge in [-0.1, -0.05) is 6.92 Å². The molecule has 1 atom stereocenters. The molecule has 0 saturated carbocycles. The third-order valence-electron chi connectivity index (χ3n) is 4.29. The number of hydrogen-bond acceptors (Lipinski definition) is 3. The van der Waals surface area contributed by atoms with E-state index < -0.39 is 0 Å². The Morgan fingerprint density at radius 2 is 2.10 bits per heavy atom. The molecule has 4 nitrogen and oxygen atoms in total. The van der Waals surface area contributed by atoms with Gasteiger partial charge in [0.1, 0.15) is 11.6 Å². The van der Waals surface area contributed by atoms with Crippen molar-refractivity contribution in [3.8, 4) is 0 Å². The largest absolute Gasteiger partial charge is 0.326 e. The van der Waals surface area contributed by atoms with Crippen molar-refractivity contribution in [1.29, 1.82) is 0 Å². The molecule has 1 aliphatic rings. The number of benzene rings is 1. The first-order valence-electron chi connectivity index (χ1n) is 7.80. The predicted octanol–water partition coefficient (Wildman–Crippen LogP) is 2.51. The second-order valence-corrected chi connectivity index (χ2v) is 5.92. The molecule has 1 aromatic carbocycles. The number of rotatable bonds is 5. The Labute approximate surface area is 124 Å². The van der Waals surface area contributed by atoms with Gasteiger partial charge in [-0.25, -0.2) is 9.37 Å². The Hall–Kier alpha value is -1.46. The number of likely N-dealkylation sites (tertiary alicyclic amines) is 1. The van der Waals surface area contributed by atoms with Gasteiger partial charge in [-0.05, 0) is 44.5 Å². The molecule has 1 fully saturated rings. The van der Waals surface area contributed by atoms with Gasteiger partial charge in [-0.15, -0.1) is 0 Å². The summed E-state index contributed by atoms with van der Waals surface area (Å²) >= 11 is 0. The summed E-state index contributed by atoms with van der Waals surface area (Å²) in [5, 5.41) is 0. The predicted molar refractivity (Wildman–Crippen MR) is 82.5 cm³/mol. The summed E-state index contributed by atoms with van der Waals surface area (Å²) < 4.78 is 15.6. The van der Waals surface area contributed by atoms with Crippen molar-refractivity contribution >= 4 is 11.0 Å². The zero-order valence-corrected chi connectivity index (χ0v) is 12.6. The first-order valence-corrected chi connectivity index (χ1v) is 7.80. The molecule has 0 radical (unpaired) electrons. The van der Waals surface area contributed by atoms with Crippen LogP contribution in [0.4, 0.5) is 4.39 Å². The van der Waals surface area contributed by atoms with Crippen LogP contribution in [0.1, 0.15) is 32.0 Å². The van der Waals surface area contributed by atoms with Crippen molar-refractivity contribution < 1.29 is 4.39 Å². The molecular formula is C16H23FN4. The number of fused-ring (bicyclic) bond motifs is 1. The lowest BCUT2D eigenvalue weighted by Crippen LogP contribution is -2.28. The SMILES string of the molecule is CCC(N)Cn1c(CN2CCCC2)nc2cc(F)ccc21. The minimum atomic E-state index is -0.236. The topological polar surface area (TPSA) is 47.1 Å². The van der Waals surface area contributed by atoms with Crippen LogP contribution >= 0.6 is 0 Å². The van der Waals surface area contributed by atoms with Gasteiger partial charge in [0.05, 0.1) is 17.6 Å². The van der Waals surface area contributed by atoms with Crippen molar-refractivity contribution in [2.75, 3.05) is 13.1 Å². The van der Waals surface area contributed by atoms with Crippen LogP contribution in [0.25, 0.3) is 11.0 Å². The molecule has 2 N–H and O–H groups in total. The average molecular weight is 290 g/mol. The fraction of sp³-hybridized carbons (Fsp3) is 0.562. The highest BCUT2D eigenvalue weighted by Crippen LogP contribution is 2.21. The first kappa shape index (κ1) is 14.5. The van der Waals surface area contributed by atoms with Gasteiger partial charge in [0.2, 0.25) is 0 Å². The molecule has 0 aliphatic carbocycles. The minimum Gasteiger partial charge on any atom is -0.326 e. The third kappa shape index (κ3) is 3.09. The maximum absolute atomic E-state index is 13.4. The number of nitrogens with zero attached hydrogens (tertiary/aromatic N) is 3. The molecule has 1 saturated heterocycles. The van der Waals surface area contributed by atoms with E-state index in [1.165, 1.54) is 25.0 Å². The molecule has 1 unspecified atom stereocenters. The Kier molecular flexibility index (Phi) is 4.22. The molecule has 3 rings (SSSR count). The van der Waals surface area contributed by atoms with Gasteiger partial charge < -0.3 is 10.3 Å². The monoisotopic (exact) mass is 290 g/mol. The lowest BCUT2D eigenvalue weighted by Gasteiger charge is -2.18. The number of aromatic nitrogens is 2. The highest BCUT2D eigenvalue weighted by Gasteiger charge is 2.18. The summed E-state index contributed by atoms with van der Waals surface area (Å²) in [6.45, 7) is 5.90. The highest BCUT2D eigenvalue weighted by atomic mass is 19.1. The van der Waals surface area contributed by atoms with E-state index in [9.17, 15) is 4.39 Å². The smallest absolute Gasteiger partial charge is 0.125 e. The van der Waals surface area contributed by atoms with Gasteiger partial charge in [-0.3, -0.25) is 4.90 Å². The van der Waals surface area contributed by atoms with Crippen LogP contribution in [0, 0.1) is 5.82 Å². The van der Waals surface area contributed by atoms with Crippen molar-refractivity contribution in [2.24, 2.45) is 5.73 Å². The van der Waals surface area contributed by atoms with Crippen LogP contribution in [0.15, 0.2) is 18.2 Å². The summed E-state index contributed by atoms with van der Waals surface area (Å²) in [6, 6.07) is 4.92. The average Bonchev–Trinajstić information content (AvgIpc) is 3.08. The summed E-state index contributed by atoms with van der Waals surface area (Å²) in [5.41, 5.74) is 7.84. The number of imidazole rings is 1. The third-order valence-corrected chi connectivity index (χ3v) is 4.29. The van der Waals surface area contributed by atoms with Crippen LogP contribution in [0.5, 0.6) is 0 Å². The Morgan fingerprint density at radius 1 is 1.33 bits per heavy atom. The summed E-state index contributed by atoms with van der Waals surface area (Å²) in [5.74, 6) is 0.765. The molecule has 0 spiro atoms. The van der Waals surface area contributed by atoms with Crippen LogP contribution < -0.4 is 5.73 Å². The molecule has 5 heteroatoms. The molecular weight excluding hydrogens is 267 g/mol. The maximum Gasteiger partial charge on any atom is 0.125 e. The zero-order chi connectivity index (χ0) is 14.8. The van der Waals surface area contributed by atoms with E-state index in [0.29, 0.717) is 0 Å². The van der Waals surface area contributed by atoms with E-state index >= 15 is 0 Å². The Balaban J connectivity index is 1.96. The quantitative estimate of drug-likeness (QED) is 0.920. The molecule has 1 aromatic heterocycles. The normalized spacial score (nSPS) is 17.7. The number of halogens is 1. The van der Waals surface area contributed by atoms with Gasteiger partial charge in [0.25, 0.3) is 0 Å². The lowest BCUT2D eigenvalue weighted by atomic mass is 10.2. The molecule has 114 valence electrons. The van der Waals surface area contributed by atoms with E-state index in [1.54, 1.807) is 0 Å². The van der Waals surface area contributed by atoms with Gasteiger partial charge in [0, 0.05) is 18.7 Å². The molecule has 1 aliphatic heterocycles. The maximum atomic E-state index is 13.4. The molecule has 2 aromatic rings. The molecule has 0 bridgehead atoms. The molecule has 2 heterocycles. The molecule has 21 heavy (non-hydrogen) atoms. The van der Waals surface area contributed by atoms with Gasteiger partial charge in [-0.2, -0.15) is 0 Å². The fourth-order valence-corrected chi connectivity index (χ4v) is 2.98. The van der Waals surface area contributed by atoms with Crippen molar-refractivity contribution in [3.63, 3.8) is 0 Å². The van der Waals surface area contributed by atoms with Crippen molar-refractivity contribution in [2.45, 2.75) is 45.3 Å². The fourth-order valence-electron chi connectivity index (χ4n) is 2.98. The van der Waals surface area contributed by atoms with Crippen LogP contribution in [0.3, 0.4) is 0 Å². The van der Waals surface area contributed by atoms with Gasteiger partial charge in [0.15, 0.2) is 0 Å². The number of hydrogen-bond donors (Lipinski definition) is 1. The Bertz CT molecular complexity index is 616. The van der Waals surface area contributed by atoms with E-state index in [-0.39, 0.29) is 11.9 Å². The van der Waals surface area contributed by atoms with Crippen LogP contribution in [-0.2, 0) is 13.1 Å². The van der Waals surface area contributed by atoms with E-state index in [4.69, 9.17) is 5.73 Å². The first-order chi connectivity index (χ1) is 10.2. The van der Waals surface area contributed by atoms with E-state index in [2.05, 4.69) is 21.4 Å². The van der Waals surface area contributed by atoms with Crippen LogP contribution in [0.2, 0.25) is 0 Å². The van der Waals surface area contributed by atoms with Gasteiger partial charge >= 0.3 is 0 Å². The summed E-state index contributed by atoms with van der Waals surface area (Å²) in [6.07, 6.45) is 3.43. The van der Waals surface area contributed by atoms with Crippen molar-refractivity contribution in [3.05, 3.63) is 29.8 Å². The second kappa shape index (κ2) is 6.12. The summed E-state index contributed by atoms with van der Waals surface area (Å²) in [7, 11) is 0. The van der Waals surface area contributed by atoms with E-state index in [1.807, 2.05) is 6.07 Å². The summed E-state index contributed by atoms with van der Waals surface area (Å²) in [4.78, 5) is 7.06. The lowest BCUT2D eigenvalue weighted by molar-refractivity contribution is 0.315. The second-order valence-electron chi connectivity index (χ2n) is 5.92. The van der Waals surface area contributed by atoms with E-state index in [0.717, 1.165) is 49.5 Å². The number of nitrogens with two attached hydrogens (primary N) is 1. The zero-order valence-electron chi connectivity index (χ0n) is 12.6. The van der Waals surface area contributed by atoms with Crippen LogP contribution in [-0.4, -0.2) is 33.6 Å². The Morgan fingerprint density at radius 3 is 2.81 bits per heavy atom. The molecule has 0 amide bonds. The standard InChI is InChI=1S/C16H23FN4/c1-2-13(18)10-21-15-6-5-12(17)9-14(15)19-16(21)11-20-7-3-4-8-20/h5-6,9,13H,2-4,7-8,10-11,18H2,1H3.